The predicted octanol–water partition coefficient (Wildman–Crippen LogP) is 1.52. The van der Waals surface area contributed by atoms with E-state index in [2.05, 4.69) is 13.8 Å². The molecule has 2 saturated heterocycles. The minimum Gasteiger partial charge on any atom is -0.378 e. The third-order valence-electron chi connectivity index (χ3n) is 4.74. The molecule has 21 heavy (non-hydrogen) atoms. The number of hydrogen-bond donors (Lipinski definition) is 0. The maximum Gasteiger partial charge on any atom is 0.227 e. The molecule has 0 N–H and O–H groups in total. The first-order valence-electron chi connectivity index (χ1n) is 8.32. The molecule has 120 valence electrons. The van der Waals surface area contributed by atoms with Crippen LogP contribution in [0, 0.1) is 11.8 Å². The van der Waals surface area contributed by atoms with E-state index < -0.39 is 0 Å². The Morgan fingerprint density at radius 1 is 1.10 bits per heavy atom. The third-order valence-corrected chi connectivity index (χ3v) is 4.74. The molecule has 0 aromatic heterocycles. The Balaban J connectivity index is 1.93. The summed E-state index contributed by atoms with van der Waals surface area (Å²) in [4.78, 5) is 28.9. The summed E-state index contributed by atoms with van der Waals surface area (Å²) in [5.41, 5.74) is 0. The maximum atomic E-state index is 12.6. The summed E-state index contributed by atoms with van der Waals surface area (Å²) >= 11 is 0. The van der Waals surface area contributed by atoms with Crippen molar-refractivity contribution in [3.05, 3.63) is 0 Å². The van der Waals surface area contributed by atoms with E-state index in [-0.39, 0.29) is 23.7 Å². The Labute approximate surface area is 127 Å². The summed E-state index contributed by atoms with van der Waals surface area (Å²) < 4.78 is 5.30. The molecule has 2 aliphatic rings. The molecule has 0 spiro atoms. The van der Waals surface area contributed by atoms with Crippen LogP contribution in [-0.2, 0) is 14.3 Å². The van der Waals surface area contributed by atoms with Crippen molar-refractivity contribution in [2.45, 2.75) is 39.5 Å². The van der Waals surface area contributed by atoms with E-state index in [9.17, 15) is 9.59 Å². The largest absolute Gasteiger partial charge is 0.378 e. The van der Waals surface area contributed by atoms with E-state index in [1.807, 2.05) is 9.80 Å². The van der Waals surface area contributed by atoms with E-state index in [1.54, 1.807) is 0 Å². The molecule has 1 unspecified atom stereocenters. The van der Waals surface area contributed by atoms with E-state index in [0.29, 0.717) is 32.8 Å². The van der Waals surface area contributed by atoms with E-state index >= 15 is 0 Å². The van der Waals surface area contributed by atoms with Crippen molar-refractivity contribution in [1.29, 1.82) is 0 Å². The van der Waals surface area contributed by atoms with Crippen LogP contribution in [0.3, 0.4) is 0 Å². The Bertz CT molecular complexity index is 363. The molecule has 0 bridgehead atoms. The lowest BCUT2D eigenvalue weighted by molar-refractivity contribution is -0.145. The summed E-state index contributed by atoms with van der Waals surface area (Å²) in [5.74, 6) is 0.539. The number of ether oxygens (including phenoxy) is 1. The van der Waals surface area contributed by atoms with Gasteiger partial charge in [-0.3, -0.25) is 9.59 Å². The topological polar surface area (TPSA) is 49.9 Å². The second-order valence-electron chi connectivity index (χ2n) is 6.07. The lowest BCUT2D eigenvalue weighted by atomic mass is 9.94. The molecule has 0 aromatic rings. The number of amides is 2. The van der Waals surface area contributed by atoms with Gasteiger partial charge in [-0.2, -0.15) is 0 Å². The van der Waals surface area contributed by atoms with Crippen LogP contribution in [0.2, 0.25) is 0 Å². The van der Waals surface area contributed by atoms with Crippen molar-refractivity contribution in [1.82, 2.24) is 9.80 Å². The third kappa shape index (κ3) is 3.96. The smallest absolute Gasteiger partial charge is 0.227 e. The first kappa shape index (κ1) is 16.3. The van der Waals surface area contributed by atoms with E-state index in [4.69, 9.17) is 4.74 Å². The van der Waals surface area contributed by atoms with Gasteiger partial charge in [0.25, 0.3) is 0 Å². The van der Waals surface area contributed by atoms with Crippen molar-refractivity contribution < 1.29 is 14.3 Å². The molecule has 0 saturated carbocycles. The Hall–Kier alpha value is -1.10. The molecular weight excluding hydrogens is 268 g/mol. The molecule has 2 rings (SSSR count). The predicted molar refractivity (Wildman–Crippen MR) is 80.8 cm³/mol. The zero-order chi connectivity index (χ0) is 15.2. The monoisotopic (exact) mass is 296 g/mol. The van der Waals surface area contributed by atoms with Gasteiger partial charge >= 0.3 is 0 Å². The highest BCUT2D eigenvalue weighted by Crippen LogP contribution is 2.22. The zero-order valence-corrected chi connectivity index (χ0v) is 13.3. The molecule has 5 heteroatoms. The lowest BCUT2D eigenvalue weighted by Gasteiger charge is -2.37. The minimum atomic E-state index is -0.0184. The fourth-order valence-electron chi connectivity index (χ4n) is 3.32. The molecule has 2 aliphatic heterocycles. The first-order chi connectivity index (χ1) is 10.2. The number of hydrogen-bond acceptors (Lipinski definition) is 3. The fraction of sp³-hybridized carbons (Fsp3) is 0.875. The molecule has 2 amide bonds. The van der Waals surface area contributed by atoms with Gasteiger partial charge in [-0.15, -0.1) is 0 Å². The number of rotatable bonds is 4. The van der Waals surface area contributed by atoms with Crippen LogP contribution in [0.25, 0.3) is 0 Å². The van der Waals surface area contributed by atoms with Crippen LogP contribution in [0.1, 0.15) is 39.5 Å². The maximum absolute atomic E-state index is 12.6. The molecule has 0 aliphatic carbocycles. The Morgan fingerprint density at radius 3 is 2.38 bits per heavy atom. The number of morpholine rings is 1. The fourth-order valence-corrected chi connectivity index (χ4v) is 3.32. The number of likely N-dealkylation sites (tertiary alicyclic amines) is 1. The van der Waals surface area contributed by atoms with Gasteiger partial charge in [0.1, 0.15) is 0 Å². The van der Waals surface area contributed by atoms with Gasteiger partial charge in [0.05, 0.1) is 19.1 Å². The highest BCUT2D eigenvalue weighted by atomic mass is 16.5. The summed E-state index contributed by atoms with van der Waals surface area (Å²) in [6.45, 7) is 8.18. The second kappa shape index (κ2) is 7.78. The average molecular weight is 296 g/mol. The standard InChI is InChI=1S/C16H28N2O3/c1-3-13(4-2)15(19)18-7-5-6-14(12-18)16(20)17-8-10-21-11-9-17/h13-14H,3-12H2,1-2H3. The number of nitrogens with zero attached hydrogens (tertiary/aromatic N) is 2. The quantitative estimate of drug-likeness (QED) is 0.790. The number of carbonyl (C=O) groups is 2. The van der Waals surface area contributed by atoms with Crippen molar-refractivity contribution in [2.75, 3.05) is 39.4 Å². The number of piperidine rings is 1. The van der Waals surface area contributed by atoms with Crippen molar-refractivity contribution >= 4 is 11.8 Å². The molecule has 1 atom stereocenters. The van der Waals surface area contributed by atoms with Crippen LogP contribution >= 0.6 is 0 Å². The zero-order valence-electron chi connectivity index (χ0n) is 13.3. The molecule has 0 aromatic carbocycles. The van der Waals surface area contributed by atoms with Crippen LogP contribution < -0.4 is 0 Å². The van der Waals surface area contributed by atoms with Gasteiger partial charge in [0.2, 0.25) is 11.8 Å². The summed E-state index contributed by atoms with van der Waals surface area (Å²) in [5, 5.41) is 0. The van der Waals surface area contributed by atoms with Gasteiger partial charge in [-0.1, -0.05) is 13.8 Å². The van der Waals surface area contributed by atoms with Crippen molar-refractivity contribution in [2.24, 2.45) is 11.8 Å². The molecule has 2 fully saturated rings. The highest BCUT2D eigenvalue weighted by molar-refractivity contribution is 5.82. The SMILES string of the molecule is CCC(CC)C(=O)N1CCCC(C(=O)N2CCOCC2)C1. The van der Waals surface area contributed by atoms with Crippen LogP contribution in [0.5, 0.6) is 0 Å². The lowest BCUT2D eigenvalue weighted by Crippen LogP contribution is -2.50. The van der Waals surface area contributed by atoms with Crippen molar-refractivity contribution in [3.63, 3.8) is 0 Å². The highest BCUT2D eigenvalue weighted by Gasteiger charge is 2.33. The normalized spacial score (nSPS) is 23.5. The Kier molecular flexibility index (Phi) is 6.03. The minimum absolute atomic E-state index is 0.0184. The van der Waals surface area contributed by atoms with Gasteiger partial charge in [-0.25, -0.2) is 0 Å². The molecule has 2 heterocycles. The van der Waals surface area contributed by atoms with Gasteiger partial charge in [-0.05, 0) is 25.7 Å². The summed E-state index contributed by atoms with van der Waals surface area (Å²) in [6.07, 6.45) is 3.61. The van der Waals surface area contributed by atoms with Gasteiger partial charge < -0.3 is 14.5 Å². The van der Waals surface area contributed by atoms with Crippen molar-refractivity contribution in [3.8, 4) is 0 Å². The average Bonchev–Trinajstić information content (AvgIpc) is 2.56. The summed E-state index contributed by atoms with van der Waals surface area (Å²) in [7, 11) is 0. The first-order valence-corrected chi connectivity index (χ1v) is 8.32. The van der Waals surface area contributed by atoms with Crippen LogP contribution in [0.15, 0.2) is 0 Å². The molecule has 0 radical (unpaired) electrons. The van der Waals surface area contributed by atoms with Gasteiger partial charge in [0.15, 0.2) is 0 Å². The van der Waals surface area contributed by atoms with E-state index in [1.165, 1.54) is 0 Å². The van der Waals surface area contributed by atoms with Crippen LogP contribution in [0.4, 0.5) is 0 Å². The summed E-state index contributed by atoms with van der Waals surface area (Å²) in [6, 6.07) is 0. The second-order valence-corrected chi connectivity index (χ2v) is 6.07. The van der Waals surface area contributed by atoms with E-state index in [0.717, 1.165) is 32.2 Å². The molecular formula is C16H28N2O3. The van der Waals surface area contributed by atoms with Gasteiger partial charge in [0, 0.05) is 32.1 Å². The Morgan fingerprint density at radius 2 is 1.76 bits per heavy atom. The number of carbonyl (C=O) groups excluding carboxylic acids is 2. The van der Waals surface area contributed by atoms with Crippen LogP contribution in [-0.4, -0.2) is 61.0 Å². The molecule has 5 nitrogen and oxygen atoms in total.